The third-order valence-electron chi connectivity index (χ3n) is 4.21. The van der Waals surface area contributed by atoms with Crippen molar-refractivity contribution in [2.45, 2.75) is 38.9 Å². The molecule has 4 heteroatoms. The third-order valence-corrected chi connectivity index (χ3v) is 4.21. The Balaban J connectivity index is 2.11. The number of benzene rings is 1. The molecule has 2 atom stereocenters. The predicted octanol–water partition coefficient (Wildman–Crippen LogP) is 2.00. The second kappa shape index (κ2) is 7.25. The molecule has 2 unspecified atom stereocenters. The summed E-state index contributed by atoms with van der Waals surface area (Å²) in [6, 6.07) is 7.96. The fraction of sp³-hybridized carbons (Fsp3) is 0.647. The van der Waals surface area contributed by atoms with Gasteiger partial charge in [-0.15, -0.1) is 0 Å². The van der Waals surface area contributed by atoms with E-state index in [1.807, 2.05) is 45.0 Å². The number of nitrogens with one attached hydrogen (secondary N) is 1. The molecule has 1 saturated heterocycles. The number of morpholine rings is 1. The number of aliphatic hydroxyl groups is 1. The zero-order chi connectivity index (χ0) is 15.3. The van der Waals surface area contributed by atoms with Crippen LogP contribution in [-0.2, 0) is 11.2 Å². The quantitative estimate of drug-likeness (QED) is 0.842. The van der Waals surface area contributed by atoms with Crippen molar-refractivity contribution in [1.82, 2.24) is 5.32 Å². The normalized spacial score (nSPS) is 22.0. The molecule has 1 aromatic carbocycles. The maximum absolute atomic E-state index is 11.1. The van der Waals surface area contributed by atoms with E-state index in [4.69, 9.17) is 9.47 Å². The standard InChI is InChI=1S/C17H27NO3/c1-4-20-15-7-5-14(6-8-15)11-17(19,13(2)3)16-12-18-9-10-21-16/h5-8,13,16,18-19H,4,9-12H2,1-3H3. The molecule has 0 spiro atoms. The molecule has 21 heavy (non-hydrogen) atoms. The predicted molar refractivity (Wildman–Crippen MR) is 83.7 cm³/mol. The van der Waals surface area contributed by atoms with Gasteiger partial charge in [-0.05, 0) is 30.5 Å². The minimum absolute atomic E-state index is 0.119. The zero-order valence-electron chi connectivity index (χ0n) is 13.3. The highest BCUT2D eigenvalue weighted by molar-refractivity contribution is 5.28. The third kappa shape index (κ3) is 3.96. The van der Waals surface area contributed by atoms with Gasteiger partial charge in [0.05, 0.1) is 24.9 Å². The smallest absolute Gasteiger partial charge is 0.119 e. The van der Waals surface area contributed by atoms with Crippen LogP contribution in [0, 0.1) is 5.92 Å². The Morgan fingerprint density at radius 1 is 1.38 bits per heavy atom. The van der Waals surface area contributed by atoms with E-state index in [-0.39, 0.29) is 12.0 Å². The molecular weight excluding hydrogens is 266 g/mol. The lowest BCUT2D eigenvalue weighted by Gasteiger charge is -2.41. The minimum atomic E-state index is -0.861. The first-order valence-corrected chi connectivity index (χ1v) is 7.82. The second-order valence-electron chi connectivity index (χ2n) is 5.96. The van der Waals surface area contributed by atoms with Gasteiger partial charge >= 0.3 is 0 Å². The molecule has 1 aliphatic heterocycles. The van der Waals surface area contributed by atoms with Gasteiger partial charge in [0, 0.05) is 19.5 Å². The molecule has 0 amide bonds. The fourth-order valence-electron chi connectivity index (χ4n) is 2.77. The summed E-state index contributed by atoms with van der Waals surface area (Å²) in [6.07, 6.45) is 0.418. The maximum Gasteiger partial charge on any atom is 0.119 e. The molecule has 4 nitrogen and oxygen atoms in total. The summed E-state index contributed by atoms with van der Waals surface area (Å²) in [6.45, 7) is 8.94. The molecule has 1 aromatic rings. The summed E-state index contributed by atoms with van der Waals surface area (Å²) in [4.78, 5) is 0. The van der Waals surface area contributed by atoms with Crippen molar-refractivity contribution >= 4 is 0 Å². The van der Waals surface area contributed by atoms with Crippen LogP contribution in [-0.4, -0.2) is 43.1 Å². The van der Waals surface area contributed by atoms with Crippen molar-refractivity contribution in [2.75, 3.05) is 26.3 Å². The maximum atomic E-state index is 11.1. The molecule has 2 rings (SSSR count). The van der Waals surface area contributed by atoms with E-state index in [1.165, 1.54) is 0 Å². The van der Waals surface area contributed by atoms with Gasteiger partial charge in [0.15, 0.2) is 0 Å². The molecule has 1 heterocycles. The van der Waals surface area contributed by atoms with E-state index in [2.05, 4.69) is 5.32 Å². The van der Waals surface area contributed by atoms with Crippen LogP contribution in [0.4, 0.5) is 0 Å². The summed E-state index contributed by atoms with van der Waals surface area (Å²) in [5.74, 6) is 0.985. The lowest BCUT2D eigenvalue weighted by atomic mass is 9.79. The van der Waals surface area contributed by atoms with Crippen molar-refractivity contribution < 1.29 is 14.6 Å². The van der Waals surface area contributed by atoms with Gasteiger partial charge in [-0.25, -0.2) is 0 Å². The van der Waals surface area contributed by atoms with Gasteiger partial charge in [0.2, 0.25) is 0 Å². The fourth-order valence-corrected chi connectivity index (χ4v) is 2.77. The molecule has 0 radical (unpaired) electrons. The van der Waals surface area contributed by atoms with Crippen LogP contribution in [0.25, 0.3) is 0 Å². The van der Waals surface area contributed by atoms with Gasteiger partial charge in [-0.2, -0.15) is 0 Å². The van der Waals surface area contributed by atoms with Crippen LogP contribution in [0.15, 0.2) is 24.3 Å². The van der Waals surface area contributed by atoms with E-state index in [9.17, 15) is 5.11 Å². The van der Waals surface area contributed by atoms with Crippen LogP contribution in [0.3, 0.4) is 0 Å². The largest absolute Gasteiger partial charge is 0.494 e. The molecule has 0 aliphatic carbocycles. The van der Waals surface area contributed by atoms with Crippen LogP contribution in [0.1, 0.15) is 26.3 Å². The summed E-state index contributed by atoms with van der Waals surface area (Å²) >= 11 is 0. The molecule has 0 bridgehead atoms. The Morgan fingerprint density at radius 2 is 2.10 bits per heavy atom. The van der Waals surface area contributed by atoms with E-state index >= 15 is 0 Å². The minimum Gasteiger partial charge on any atom is -0.494 e. The SMILES string of the molecule is CCOc1ccc(CC(O)(C(C)C)C2CNCCO2)cc1. The first-order valence-electron chi connectivity index (χ1n) is 7.82. The lowest BCUT2D eigenvalue weighted by Crippen LogP contribution is -2.57. The lowest BCUT2D eigenvalue weighted by molar-refractivity contribution is -0.141. The first-order chi connectivity index (χ1) is 10.1. The molecule has 0 aromatic heterocycles. The summed E-state index contributed by atoms with van der Waals surface area (Å²) in [5.41, 5.74) is 0.240. The topological polar surface area (TPSA) is 50.7 Å². The number of hydrogen-bond acceptors (Lipinski definition) is 4. The number of hydrogen-bond donors (Lipinski definition) is 2. The van der Waals surface area contributed by atoms with Gasteiger partial charge in [-0.3, -0.25) is 0 Å². The van der Waals surface area contributed by atoms with E-state index in [0.29, 0.717) is 26.2 Å². The summed E-state index contributed by atoms with van der Waals surface area (Å²) in [5, 5.41) is 14.4. The molecule has 0 saturated carbocycles. The van der Waals surface area contributed by atoms with E-state index < -0.39 is 5.60 Å². The van der Waals surface area contributed by atoms with Crippen LogP contribution in [0.2, 0.25) is 0 Å². The molecule has 1 fully saturated rings. The average Bonchev–Trinajstić information content (AvgIpc) is 2.50. The monoisotopic (exact) mass is 293 g/mol. The van der Waals surface area contributed by atoms with Gasteiger partial charge in [0.25, 0.3) is 0 Å². The Kier molecular flexibility index (Phi) is 5.62. The Hall–Kier alpha value is -1.10. The summed E-state index contributed by atoms with van der Waals surface area (Å²) in [7, 11) is 0. The van der Waals surface area contributed by atoms with E-state index in [0.717, 1.165) is 17.9 Å². The highest BCUT2D eigenvalue weighted by atomic mass is 16.5. The molecule has 2 N–H and O–H groups in total. The Bertz CT molecular complexity index is 426. The molecular formula is C17H27NO3. The number of rotatable bonds is 6. The molecule has 118 valence electrons. The Labute approximate surface area is 127 Å². The zero-order valence-corrected chi connectivity index (χ0v) is 13.3. The average molecular weight is 293 g/mol. The van der Waals surface area contributed by atoms with Crippen LogP contribution in [0.5, 0.6) is 5.75 Å². The highest BCUT2D eigenvalue weighted by Crippen LogP contribution is 2.29. The van der Waals surface area contributed by atoms with Crippen molar-refractivity contribution in [3.8, 4) is 5.75 Å². The first kappa shape index (κ1) is 16.3. The highest BCUT2D eigenvalue weighted by Gasteiger charge is 2.41. The Morgan fingerprint density at radius 3 is 2.62 bits per heavy atom. The van der Waals surface area contributed by atoms with Crippen LogP contribution < -0.4 is 10.1 Å². The van der Waals surface area contributed by atoms with Crippen molar-refractivity contribution in [2.24, 2.45) is 5.92 Å². The van der Waals surface area contributed by atoms with Crippen molar-refractivity contribution in [1.29, 1.82) is 0 Å². The number of ether oxygens (including phenoxy) is 2. The van der Waals surface area contributed by atoms with Crippen LogP contribution >= 0.6 is 0 Å². The van der Waals surface area contributed by atoms with Gasteiger partial charge in [0.1, 0.15) is 5.75 Å². The summed E-state index contributed by atoms with van der Waals surface area (Å²) < 4.78 is 11.3. The van der Waals surface area contributed by atoms with Gasteiger partial charge < -0.3 is 19.9 Å². The second-order valence-corrected chi connectivity index (χ2v) is 5.96. The van der Waals surface area contributed by atoms with Crippen molar-refractivity contribution in [3.63, 3.8) is 0 Å². The molecule has 1 aliphatic rings. The van der Waals surface area contributed by atoms with Gasteiger partial charge in [-0.1, -0.05) is 26.0 Å². The van der Waals surface area contributed by atoms with E-state index in [1.54, 1.807) is 0 Å². The van der Waals surface area contributed by atoms with Crippen molar-refractivity contribution in [3.05, 3.63) is 29.8 Å².